The van der Waals surface area contributed by atoms with Gasteiger partial charge in [0.25, 0.3) is 0 Å². The Labute approximate surface area is 150 Å². The van der Waals surface area contributed by atoms with Gasteiger partial charge in [-0.05, 0) is 31.5 Å². The molecular formula is C20H19N3O3. The van der Waals surface area contributed by atoms with Gasteiger partial charge in [-0.15, -0.1) is 0 Å². The third-order valence-electron chi connectivity index (χ3n) is 4.39. The van der Waals surface area contributed by atoms with E-state index >= 15 is 0 Å². The number of anilines is 1. The van der Waals surface area contributed by atoms with Crippen LogP contribution in [-0.2, 0) is 0 Å². The molecule has 0 amide bonds. The summed E-state index contributed by atoms with van der Waals surface area (Å²) >= 11 is 0. The van der Waals surface area contributed by atoms with Crippen LogP contribution in [0.2, 0.25) is 0 Å². The molecule has 0 radical (unpaired) electrons. The zero-order valence-electron chi connectivity index (χ0n) is 14.7. The van der Waals surface area contributed by atoms with Crippen molar-refractivity contribution in [3.8, 4) is 5.75 Å². The fourth-order valence-electron chi connectivity index (χ4n) is 3.02. The summed E-state index contributed by atoms with van der Waals surface area (Å²) in [5, 5.41) is 10.9. The van der Waals surface area contributed by atoms with Gasteiger partial charge in [-0.3, -0.25) is 0 Å². The molecule has 6 heteroatoms. The lowest BCUT2D eigenvalue weighted by atomic mass is 10.1. The second-order valence-corrected chi connectivity index (χ2v) is 6.24. The van der Waals surface area contributed by atoms with Crippen molar-refractivity contribution in [1.29, 1.82) is 0 Å². The quantitative estimate of drug-likeness (QED) is 0.654. The maximum atomic E-state index is 12.5. The van der Waals surface area contributed by atoms with E-state index in [1.165, 1.54) is 5.56 Å². The number of fused-ring (bicyclic) bond motifs is 1. The van der Waals surface area contributed by atoms with E-state index in [2.05, 4.69) is 10.3 Å². The van der Waals surface area contributed by atoms with Crippen molar-refractivity contribution in [2.75, 3.05) is 18.2 Å². The number of hydrogen-bond acceptors (Lipinski definition) is 6. The molecule has 0 N–H and O–H groups in total. The van der Waals surface area contributed by atoms with Gasteiger partial charge in [-0.2, -0.15) is 5.11 Å². The van der Waals surface area contributed by atoms with Crippen molar-refractivity contribution >= 4 is 16.7 Å². The van der Waals surface area contributed by atoms with Crippen LogP contribution in [0, 0.1) is 6.92 Å². The minimum absolute atomic E-state index is 0.0968. The molecule has 0 fully saturated rings. The molecule has 0 saturated heterocycles. The first-order chi connectivity index (χ1) is 12.7. The van der Waals surface area contributed by atoms with Crippen LogP contribution >= 0.6 is 0 Å². The number of benzene rings is 2. The summed E-state index contributed by atoms with van der Waals surface area (Å²) in [6.07, 6.45) is 0. The molecule has 0 saturated carbocycles. The van der Waals surface area contributed by atoms with E-state index in [1.54, 1.807) is 17.1 Å². The highest BCUT2D eigenvalue weighted by molar-refractivity contribution is 5.84. The predicted octanol–water partition coefficient (Wildman–Crippen LogP) is 4.43. The SMILES string of the molecule is CCOc1cccc2cc(N3CC(c4ccc(C)cc4)N=N3)c(=O)oc12. The third-order valence-corrected chi connectivity index (χ3v) is 4.39. The standard InChI is InChI=1S/C20H19N3O3/c1-3-25-18-6-4-5-15-11-17(20(24)26-19(15)18)23-12-16(21-22-23)14-9-7-13(2)8-10-14/h4-11,16H,3,12H2,1-2H3. The summed E-state index contributed by atoms with van der Waals surface area (Å²) in [6.45, 7) is 4.94. The number of ether oxygens (including phenoxy) is 1. The first-order valence-corrected chi connectivity index (χ1v) is 8.60. The second kappa shape index (κ2) is 6.63. The molecule has 26 heavy (non-hydrogen) atoms. The van der Waals surface area contributed by atoms with E-state index in [0.717, 1.165) is 10.9 Å². The number of rotatable bonds is 4. The molecule has 2 aromatic carbocycles. The highest BCUT2D eigenvalue weighted by atomic mass is 16.5. The number of para-hydroxylation sites is 1. The summed E-state index contributed by atoms with van der Waals surface area (Å²) in [6, 6.07) is 15.4. The van der Waals surface area contributed by atoms with Crippen LogP contribution in [0.25, 0.3) is 11.0 Å². The van der Waals surface area contributed by atoms with Gasteiger partial charge in [-0.25, -0.2) is 9.80 Å². The van der Waals surface area contributed by atoms with Crippen LogP contribution in [0.5, 0.6) is 5.75 Å². The Hall–Kier alpha value is -3.15. The molecule has 3 aromatic rings. The van der Waals surface area contributed by atoms with Crippen molar-refractivity contribution in [2.24, 2.45) is 10.3 Å². The van der Waals surface area contributed by atoms with Crippen LogP contribution in [0.3, 0.4) is 0 Å². The van der Waals surface area contributed by atoms with Crippen molar-refractivity contribution in [1.82, 2.24) is 0 Å². The molecule has 132 valence electrons. The zero-order valence-corrected chi connectivity index (χ0v) is 14.7. The average Bonchev–Trinajstić information content (AvgIpc) is 3.12. The van der Waals surface area contributed by atoms with Gasteiger partial charge in [0, 0.05) is 5.39 Å². The topological polar surface area (TPSA) is 67.4 Å². The Morgan fingerprint density at radius 3 is 2.81 bits per heavy atom. The lowest BCUT2D eigenvalue weighted by molar-refractivity contribution is 0.337. The molecule has 2 heterocycles. The Balaban J connectivity index is 1.65. The van der Waals surface area contributed by atoms with Gasteiger partial charge >= 0.3 is 5.63 Å². The zero-order chi connectivity index (χ0) is 18.1. The molecular weight excluding hydrogens is 330 g/mol. The molecule has 1 aliphatic rings. The van der Waals surface area contributed by atoms with Gasteiger partial charge in [0.05, 0.1) is 13.2 Å². The van der Waals surface area contributed by atoms with Gasteiger partial charge in [0.15, 0.2) is 11.3 Å². The Kier molecular flexibility index (Phi) is 4.16. The van der Waals surface area contributed by atoms with Crippen molar-refractivity contribution in [3.63, 3.8) is 0 Å². The number of aryl methyl sites for hydroxylation is 1. The fourth-order valence-corrected chi connectivity index (χ4v) is 3.02. The first kappa shape index (κ1) is 16.3. The highest BCUT2D eigenvalue weighted by Crippen LogP contribution is 2.31. The number of nitrogens with zero attached hydrogens (tertiary/aromatic N) is 3. The first-order valence-electron chi connectivity index (χ1n) is 8.60. The third kappa shape index (κ3) is 2.94. The highest BCUT2D eigenvalue weighted by Gasteiger charge is 2.25. The minimum Gasteiger partial charge on any atom is -0.490 e. The van der Waals surface area contributed by atoms with E-state index in [0.29, 0.717) is 30.2 Å². The summed E-state index contributed by atoms with van der Waals surface area (Å²) in [7, 11) is 0. The Morgan fingerprint density at radius 2 is 2.04 bits per heavy atom. The van der Waals surface area contributed by atoms with Crippen LogP contribution in [-0.4, -0.2) is 13.2 Å². The van der Waals surface area contributed by atoms with Crippen LogP contribution in [0.4, 0.5) is 5.69 Å². The molecule has 1 unspecified atom stereocenters. The van der Waals surface area contributed by atoms with Gasteiger partial charge < -0.3 is 9.15 Å². The summed E-state index contributed by atoms with van der Waals surface area (Å²) < 4.78 is 11.1. The molecule has 6 nitrogen and oxygen atoms in total. The van der Waals surface area contributed by atoms with Crippen LogP contribution < -0.4 is 15.4 Å². The van der Waals surface area contributed by atoms with Crippen LogP contribution in [0.15, 0.2) is 68.1 Å². The van der Waals surface area contributed by atoms with E-state index in [-0.39, 0.29) is 6.04 Å². The van der Waals surface area contributed by atoms with E-state index in [4.69, 9.17) is 9.15 Å². The Bertz CT molecular complexity index is 1020. The maximum Gasteiger partial charge on any atom is 0.362 e. The lowest BCUT2D eigenvalue weighted by Gasteiger charge is -2.14. The van der Waals surface area contributed by atoms with E-state index < -0.39 is 5.63 Å². The molecule has 0 aliphatic carbocycles. The second-order valence-electron chi connectivity index (χ2n) is 6.24. The van der Waals surface area contributed by atoms with Crippen molar-refractivity contribution in [2.45, 2.75) is 19.9 Å². The fraction of sp³-hybridized carbons (Fsp3) is 0.250. The van der Waals surface area contributed by atoms with Gasteiger partial charge in [0.1, 0.15) is 11.7 Å². The van der Waals surface area contributed by atoms with E-state index in [1.807, 2.05) is 50.2 Å². The van der Waals surface area contributed by atoms with Crippen molar-refractivity contribution < 1.29 is 9.15 Å². The smallest absolute Gasteiger partial charge is 0.362 e. The normalized spacial score (nSPS) is 16.4. The number of hydrogen-bond donors (Lipinski definition) is 0. The van der Waals surface area contributed by atoms with Gasteiger partial charge in [0.2, 0.25) is 0 Å². The molecule has 1 atom stereocenters. The molecule has 1 aromatic heterocycles. The summed E-state index contributed by atoms with van der Waals surface area (Å²) in [5.74, 6) is 0.564. The summed E-state index contributed by atoms with van der Waals surface area (Å²) in [4.78, 5) is 12.5. The lowest BCUT2D eigenvalue weighted by Crippen LogP contribution is -2.22. The minimum atomic E-state index is -0.451. The van der Waals surface area contributed by atoms with Crippen molar-refractivity contribution in [3.05, 3.63) is 70.1 Å². The molecule has 1 aliphatic heterocycles. The molecule has 0 bridgehead atoms. The van der Waals surface area contributed by atoms with E-state index in [9.17, 15) is 4.79 Å². The maximum absolute atomic E-state index is 12.5. The summed E-state index contributed by atoms with van der Waals surface area (Å²) in [5.41, 5.74) is 2.65. The molecule has 0 spiro atoms. The predicted molar refractivity (Wildman–Crippen MR) is 99.8 cm³/mol. The average molecular weight is 349 g/mol. The monoisotopic (exact) mass is 349 g/mol. The van der Waals surface area contributed by atoms with Gasteiger partial charge in [-0.1, -0.05) is 47.2 Å². The molecule has 4 rings (SSSR count). The largest absolute Gasteiger partial charge is 0.490 e. The van der Waals surface area contributed by atoms with Crippen LogP contribution in [0.1, 0.15) is 24.1 Å². The Morgan fingerprint density at radius 1 is 1.23 bits per heavy atom.